The SMILES string of the molecule is CNS(=O)(=O)c1cc(C(=O)N2CC(O)CC2c2ccc(F)cc2)co1. The molecule has 0 radical (unpaired) electrons. The standard InChI is InChI=1S/C16H17FN2O5S/c1-18-25(22,23)15-6-11(9-24-15)16(21)19-8-13(20)7-14(19)10-2-4-12(17)5-3-10/h2-6,9,13-14,18,20H,7-8H2,1H3. The molecule has 2 atom stereocenters. The van der Waals surface area contributed by atoms with Crippen LogP contribution in [-0.4, -0.2) is 44.0 Å². The molecule has 2 heterocycles. The number of sulfonamides is 1. The molecule has 0 saturated carbocycles. The lowest BCUT2D eigenvalue weighted by atomic mass is 10.0. The number of aliphatic hydroxyl groups excluding tert-OH is 1. The Labute approximate surface area is 144 Å². The zero-order valence-electron chi connectivity index (χ0n) is 13.3. The Kier molecular flexibility index (Phi) is 4.63. The van der Waals surface area contributed by atoms with E-state index in [-0.39, 0.29) is 17.2 Å². The lowest BCUT2D eigenvalue weighted by Gasteiger charge is -2.24. The van der Waals surface area contributed by atoms with Gasteiger partial charge in [0.1, 0.15) is 12.1 Å². The molecule has 25 heavy (non-hydrogen) atoms. The number of rotatable bonds is 4. The highest BCUT2D eigenvalue weighted by atomic mass is 32.2. The smallest absolute Gasteiger partial charge is 0.273 e. The number of carbonyl (C=O) groups excluding carboxylic acids is 1. The summed E-state index contributed by atoms with van der Waals surface area (Å²) in [6.45, 7) is 0.0974. The fraction of sp³-hybridized carbons (Fsp3) is 0.312. The first-order valence-electron chi connectivity index (χ1n) is 7.58. The summed E-state index contributed by atoms with van der Waals surface area (Å²) in [7, 11) is -2.56. The quantitative estimate of drug-likeness (QED) is 0.847. The van der Waals surface area contributed by atoms with Gasteiger partial charge in [-0.15, -0.1) is 0 Å². The maximum atomic E-state index is 13.1. The van der Waals surface area contributed by atoms with E-state index in [1.165, 1.54) is 24.1 Å². The molecule has 9 heteroatoms. The first kappa shape index (κ1) is 17.6. The average Bonchev–Trinajstić information content (AvgIpc) is 3.22. The summed E-state index contributed by atoms with van der Waals surface area (Å²) >= 11 is 0. The second kappa shape index (κ2) is 6.58. The van der Waals surface area contributed by atoms with Gasteiger partial charge >= 0.3 is 0 Å². The van der Waals surface area contributed by atoms with Crippen LogP contribution in [0.5, 0.6) is 0 Å². The summed E-state index contributed by atoms with van der Waals surface area (Å²) in [5, 5.41) is 9.59. The van der Waals surface area contributed by atoms with Crippen molar-refractivity contribution in [3.05, 3.63) is 53.5 Å². The highest BCUT2D eigenvalue weighted by Crippen LogP contribution is 2.34. The molecule has 1 aliphatic heterocycles. The van der Waals surface area contributed by atoms with Gasteiger partial charge in [-0.1, -0.05) is 12.1 Å². The first-order chi connectivity index (χ1) is 11.8. The molecule has 7 nitrogen and oxygen atoms in total. The van der Waals surface area contributed by atoms with Crippen LogP contribution in [0.2, 0.25) is 0 Å². The maximum absolute atomic E-state index is 13.1. The number of β-amino-alcohol motifs (C(OH)–C–C–N with tert-alkyl or cyclic N) is 1. The van der Waals surface area contributed by atoms with Crippen LogP contribution in [0.25, 0.3) is 0 Å². The minimum Gasteiger partial charge on any atom is -0.451 e. The van der Waals surface area contributed by atoms with Crippen LogP contribution < -0.4 is 4.72 Å². The summed E-state index contributed by atoms with van der Waals surface area (Å²) in [4.78, 5) is 14.2. The van der Waals surface area contributed by atoms with Gasteiger partial charge in [0.2, 0.25) is 5.09 Å². The number of amides is 1. The van der Waals surface area contributed by atoms with Crippen molar-refractivity contribution >= 4 is 15.9 Å². The third-order valence-corrected chi connectivity index (χ3v) is 5.43. The lowest BCUT2D eigenvalue weighted by Crippen LogP contribution is -2.31. The number of likely N-dealkylation sites (tertiary alicyclic amines) is 1. The Hall–Kier alpha value is -2.23. The van der Waals surface area contributed by atoms with Gasteiger partial charge in [0.15, 0.2) is 0 Å². The zero-order chi connectivity index (χ0) is 18.2. The highest BCUT2D eigenvalue weighted by molar-refractivity contribution is 7.89. The Morgan fingerprint density at radius 1 is 1.36 bits per heavy atom. The van der Waals surface area contributed by atoms with Crippen molar-refractivity contribution in [1.82, 2.24) is 9.62 Å². The minimum absolute atomic E-state index is 0.0648. The molecule has 1 saturated heterocycles. The topological polar surface area (TPSA) is 99.9 Å². The molecule has 2 N–H and O–H groups in total. The second-order valence-electron chi connectivity index (χ2n) is 5.78. The number of nitrogens with one attached hydrogen (secondary N) is 1. The second-order valence-corrected chi connectivity index (χ2v) is 7.59. The van der Waals surface area contributed by atoms with E-state index in [1.807, 2.05) is 0 Å². The van der Waals surface area contributed by atoms with E-state index >= 15 is 0 Å². The van der Waals surface area contributed by atoms with E-state index in [1.54, 1.807) is 12.1 Å². The number of aliphatic hydroxyl groups is 1. The van der Waals surface area contributed by atoms with Gasteiger partial charge in [-0.3, -0.25) is 4.79 Å². The third-order valence-electron chi connectivity index (χ3n) is 4.15. The van der Waals surface area contributed by atoms with Crippen molar-refractivity contribution in [3.8, 4) is 0 Å². The predicted octanol–water partition coefficient (Wildman–Crippen LogP) is 1.27. The average molecular weight is 368 g/mol. The van der Waals surface area contributed by atoms with Gasteiger partial charge < -0.3 is 14.4 Å². The van der Waals surface area contributed by atoms with Crippen LogP contribution in [0.4, 0.5) is 4.39 Å². The van der Waals surface area contributed by atoms with E-state index in [2.05, 4.69) is 4.72 Å². The lowest BCUT2D eigenvalue weighted by molar-refractivity contribution is 0.0715. The van der Waals surface area contributed by atoms with Crippen LogP contribution in [-0.2, 0) is 10.0 Å². The van der Waals surface area contributed by atoms with E-state index in [4.69, 9.17) is 4.42 Å². The molecular formula is C16H17FN2O5S. The molecular weight excluding hydrogens is 351 g/mol. The van der Waals surface area contributed by atoms with Crippen LogP contribution >= 0.6 is 0 Å². The Balaban J connectivity index is 1.88. The van der Waals surface area contributed by atoms with Crippen molar-refractivity contribution in [3.63, 3.8) is 0 Å². The molecule has 2 aromatic rings. The Bertz CT molecular complexity index is 878. The van der Waals surface area contributed by atoms with Gasteiger partial charge in [0, 0.05) is 12.6 Å². The summed E-state index contributed by atoms with van der Waals surface area (Å²) in [5.41, 5.74) is 0.757. The first-order valence-corrected chi connectivity index (χ1v) is 9.06. The number of benzene rings is 1. The van der Waals surface area contributed by atoms with Crippen molar-refractivity contribution in [2.24, 2.45) is 0 Å². The normalized spacial score (nSPS) is 20.8. The number of halogens is 1. The van der Waals surface area contributed by atoms with Crippen LogP contribution in [0.1, 0.15) is 28.4 Å². The summed E-state index contributed by atoms with van der Waals surface area (Å²) < 4.78 is 43.6. The number of carbonyl (C=O) groups is 1. The fourth-order valence-electron chi connectivity index (χ4n) is 2.88. The van der Waals surface area contributed by atoms with Crippen molar-refractivity contribution in [1.29, 1.82) is 0 Å². The van der Waals surface area contributed by atoms with Crippen molar-refractivity contribution < 1.29 is 27.1 Å². The maximum Gasteiger partial charge on any atom is 0.273 e. The zero-order valence-corrected chi connectivity index (χ0v) is 14.2. The van der Waals surface area contributed by atoms with E-state index < -0.39 is 33.9 Å². The molecule has 1 aromatic heterocycles. The Morgan fingerprint density at radius 3 is 2.68 bits per heavy atom. The molecule has 1 fully saturated rings. The predicted molar refractivity (Wildman–Crippen MR) is 85.8 cm³/mol. The van der Waals surface area contributed by atoms with E-state index in [0.29, 0.717) is 12.0 Å². The van der Waals surface area contributed by atoms with Gasteiger partial charge in [-0.2, -0.15) is 0 Å². The molecule has 134 valence electrons. The number of hydrogen-bond acceptors (Lipinski definition) is 5. The van der Waals surface area contributed by atoms with Gasteiger partial charge in [-0.25, -0.2) is 17.5 Å². The summed E-state index contributed by atoms with van der Waals surface area (Å²) in [6.07, 6.45) is 0.669. The van der Waals surface area contributed by atoms with E-state index in [0.717, 1.165) is 12.3 Å². The van der Waals surface area contributed by atoms with Crippen LogP contribution in [0.15, 0.2) is 46.1 Å². The molecule has 1 amide bonds. The monoisotopic (exact) mass is 368 g/mol. The Morgan fingerprint density at radius 2 is 2.04 bits per heavy atom. The molecule has 2 unspecified atom stereocenters. The van der Waals surface area contributed by atoms with Crippen molar-refractivity contribution in [2.45, 2.75) is 23.7 Å². The largest absolute Gasteiger partial charge is 0.451 e. The summed E-state index contributed by atoms with van der Waals surface area (Å²) in [6, 6.07) is 6.41. The molecule has 0 aliphatic carbocycles. The number of nitrogens with zero attached hydrogens (tertiary/aromatic N) is 1. The van der Waals surface area contributed by atoms with Crippen LogP contribution in [0.3, 0.4) is 0 Å². The molecule has 0 bridgehead atoms. The third kappa shape index (κ3) is 3.44. The minimum atomic E-state index is -3.79. The van der Waals surface area contributed by atoms with Gasteiger partial charge in [-0.05, 0) is 31.2 Å². The molecule has 1 aromatic carbocycles. The van der Waals surface area contributed by atoms with Gasteiger partial charge in [0.05, 0.1) is 17.7 Å². The highest BCUT2D eigenvalue weighted by Gasteiger charge is 2.36. The molecule has 3 rings (SSSR count). The fourth-order valence-corrected chi connectivity index (χ4v) is 3.53. The van der Waals surface area contributed by atoms with Crippen LogP contribution in [0, 0.1) is 5.82 Å². The molecule has 1 aliphatic rings. The molecule has 0 spiro atoms. The number of furan rings is 1. The van der Waals surface area contributed by atoms with Gasteiger partial charge in [0.25, 0.3) is 15.9 Å². The van der Waals surface area contributed by atoms with E-state index in [9.17, 15) is 22.7 Å². The van der Waals surface area contributed by atoms with Crippen molar-refractivity contribution in [2.75, 3.05) is 13.6 Å². The summed E-state index contributed by atoms with van der Waals surface area (Å²) in [5.74, 6) is -0.857. The number of hydrogen-bond donors (Lipinski definition) is 2.